The molecular weight excluding hydrogens is 404 g/mol. The average molecular weight is 422 g/mol. The van der Waals surface area contributed by atoms with E-state index in [4.69, 9.17) is 14.4 Å². The fourth-order valence-electron chi connectivity index (χ4n) is 4.71. The molecule has 0 fully saturated rings. The Morgan fingerprint density at radius 1 is 0.515 bits per heavy atom. The number of benzene rings is 5. The molecule has 0 unspecified atom stereocenters. The Kier molecular flexibility index (Phi) is 3.84. The summed E-state index contributed by atoms with van der Waals surface area (Å²) in [4.78, 5) is 10.0. The van der Waals surface area contributed by atoms with Crippen LogP contribution in [-0.4, -0.2) is 9.97 Å². The maximum Gasteiger partial charge on any atom is 0.161 e. The van der Waals surface area contributed by atoms with Crippen molar-refractivity contribution in [2.75, 3.05) is 0 Å². The van der Waals surface area contributed by atoms with Gasteiger partial charge in [0.1, 0.15) is 11.2 Å². The van der Waals surface area contributed by atoms with Crippen molar-refractivity contribution in [3.63, 3.8) is 0 Å². The van der Waals surface area contributed by atoms with Crippen LogP contribution in [0.2, 0.25) is 0 Å². The highest BCUT2D eigenvalue weighted by atomic mass is 16.3. The zero-order valence-corrected chi connectivity index (χ0v) is 17.7. The molecular formula is C30H18N2O. The van der Waals surface area contributed by atoms with Crippen LogP contribution in [0.1, 0.15) is 0 Å². The number of rotatable bonds is 2. The minimum atomic E-state index is 0.716. The second-order valence-corrected chi connectivity index (χ2v) is 8.25. The summed E-state index contributed by atoms with van der Waals surface area (Å²) in [5.74, 6) is 0.716. The molecule has 5 aromatic carbocycles. The van der Waals surface area contributed by atoms with Crippen LogP contribution in [0.4, 0.5) is 0 Å². The van der Waals surface area contributed by atoms with E-state index in [9.17, 15) is 0 Å². The Morgan fingerprint density at radius 2 is 1.30 bits per heavy atom. The summed E-state index contributed by atoms with van der Waals surface area (Å²) in [6, 6.07) is 37.3. The molecule has 3 nitrogen and oxygen atoms in total. The van der Waals surface area contributed by atoms with Crippen molar-refractivity contribution in [3.8, 4) is 22.6 Å². The van der Waals surface area contributed by atoms with Crippen molar-refractivity contribution in [2.45, 2.75) is 0 Å². The first kappa shape index (κ1) is 18.1. The lowest BCUT2D eigenvalue weighted by molar-refractivity contribution is 0.669. The summed E-state index contributed by atoms with van der Waals surface area (Å²) in [6.45, 7) is 0. The molecule has 0 aliphatic carbocycles. The first-order chi connectivity index (χ1) is 16.3. The van der Waals surface area contributed by atoms with Crippen molar-refractivity contribution < 1.29 is 4.42 Å². The molecule has 0 amide bonds. The van der Waals surface area contributed by atoms with Gasteiger partial charge in [0.2, 0.25) is 0 Å². The number of para-hydroxylation sites is 2. The van der Waals surface area contributed by atoms with E-state index < -0.39 is 0 Å². The minimum Gasteiger partial charge on any atom is -0.456 e. The number of aromatic nitrogens is 2. The van der Waals surface area contributed by atoms with Crippen molar-refractivity contribution in [3.05, 3.63) is 109 Å². The third-order valence-corrected chi connectivity index (χ3v) is 6.27. The smallest absolute Gasteiger partial charge is 0.161 e. The molecule has 154 valence electrons. The molecule has 0 radical (unpaired) electrons. The minimum absolute atomic E-state index is 0.716. The summed E-state index contributed by atoms with van der Waals surface area (Å²) in [5, 5.41) is 5.53. The monoisotopic (exact) mass is 422 g/mol. The Bertz CT molecular complexity index is 1820. The number of fused-ring (bicyclic) bond motifs is 5. The second kappa shape index (κ2) is 7.01. The van der Waals surface area contributed by atoms with Gasteiger partial charge in [-0.2, -0.15) is 0 Å². The predicted octanol–water partition coefficient (Wildman–Crippen LogP) is 8.02. The van der Waals surface area contributed by atoms with E-state index in [0.717, 1.165) is 60.4 Å². The third-order valence-electron chi connectivity index (χ3n) is 6.27. The van der Waals surface area contributed by atoms with Gasteiger partial charge in [0.05, 0.1) is 11.2 Å². The van der Waals surface area contributed by atoms with Gasteiger partial charge >= 0.3 is 0 Å². The fourth-order valence-corrected chi connectivity index (χ4v) is 4.71. The SMILES string of the molecule is c1ccc(-c2nc(-c3cccc4cc5c(cc34)oc3ccccc35)nc3ccccc23)cc1. The molecule has 2 aromatic heterocycles. The quantitative estimate of drug-likeness (QED) is 0.283. The van der Waals surface area contributed by atoms with Crippen LogP contribution in [0.15, 0.2) is 114 Å². The van der Waals surface area contributed by atoms with Gasteiger partial charge in [-0.25, -0.2) is 9.97 Å². The predicted molar refractivity (Wildman–Crippen MR) is 135 cm³/mol. The Morgan fingerprint density at radius 3 is 2.21 bits per heavy atom. The molecule has 33 heavy (non-hydrogen) atoms. The van der Waals surface area contributed by atoms with Crippen LogP contribution in [0.25, 0.3) is 66.3 Å². The van der Waals surface area contributed by atoms with Crippen LogP contribution < -0.4 is 0 Å². The number of hydrogen-bond acceptors (Lipinski definition) is 3. The summed E-state index contributed by atoms with van der Waals surface area (Å²) in [5.41, 5.74) is 5.73. The summed E-state index contributed by atoms with van der Waals surface area (Å²) < 4.78 is 6.17. The highest BCUT2D eigenvalue weighted by Gasteiger charge is 2.15. The zero-order valence-electron chi connectivity index (χ0n) is 17.7. The lowest BCUT2D eigenvalue weighted by Gasteiger charge is -2.11. The van der Waals surface area contributed by atoms with Crippen molar-refractivity contribution in [2.24, 2.45) is 0 Å². The van der Waals surface area contributed by atoms with Crippen molar-refractivity contribution in [1.82, 2.24) is 9.97 Å². The van der Waals surface area contributed by atoms with E-state index in [-0.39, 0.29) is 0 Å². The average Bonchev–Trinajstić information content (AvgIpc) is 3.24. The van der Waals surface area contributed by atoms with E-state index in [2.05, 4.69) is 60.7 Å². The molecule has 3 heteroatoms. The number of furan rings is 1. The summed E-state index contributed by atoms with van der Waals surface area (Å²) in [7, 11) is 0. The van der Waals surface area contributed by atoms with Gasteiger partial charge in [-0.05, 0) is 35.0 Å². The van der Waals surface area contributed by atoms with E-state index in [1.54, 1.807) is 0 Å². The maximum absolute atomic E-state index is 6.17. The van der Waals surface area contributed by atoms with E-state index in [1.165, 1.54) is 0 Å². The van der Waals surface area contributed by atoms with Gasteiger partial charge in [-0.3, -0.25) is 0 Å². The largest absolute Gasteiger partial charge is 0.456 e. The van der Waals surface area contributed by atoms with Crippen LogP contribution in [0.3, 0.4) is 0 Å². The molecule has 0 saturated carbocycles. The first-order valence-electron chi connectivity index (χ1n) is 11.0. The van der Waals surface area contributed by atoms with Crippen LogP contribution in [0, 0.1) is 0 Å². The third kappa shape index (κ3) is 2.83. The Labute approximate surface area is 190 Å². The molecule has 0 N–H and O–H groups in total. The fraction of sp³-hybridized carbons (Fsp3) is 0. The molecule has 7 aromatic rings. The van der Waals surface area contributed by atoms with Crippen LogP contribution in [-0.2, 0) is 0 Å². The Balaban J connectivity index is 1.53. The molecule has 2 heterocycles. The molecule has 0 spiro atoms. The Hall–Kier alpha value is -4.50. The molecule has 7 rings (SSSR count). The zero-order chi connectivity index (χ0) is 21.8. The molecule has 0 atom stereocenters. The normalized spacial score (nSPS) is 11.6. The highest BCUT2D eigenvalue weighted by molar-refractivity contribution is 6.12. The van der Waals surface area contributed by atoms with Gasteiger partial charge in [-0.1, -0.05) is 84.9 Å². The van der Waals surface area contributed by atoms with Crippen LogP contribution >= 0.6 is 0 Å². The standard InChI is InChI=1S/C30H18N2O/c1-2-9-19(10-3-1)29-23-13-4-6-15-26(23)31-30(32-29)22-14-8-11-20-17-25-21-12-5-7-16-27(21)33-28(25)18-24(20)22/h1-18H. The highest BCUT2D eigenvalue weighted by Crippen LogP contribution is 2.36. The first-order valence-corrected chi connectivity index (χ1v) is 11.0. The lowest BCUT2D eigenvalue weighted by atomic mass is 10.0. The van der Waals surface area contributed by atoms with Gasteiger partial charge in [-0.15, -0.1) is 0 Å². The van der Waals surface area contributed by atoms with E-state index >= 15 is 0 Å². The van der Waals surface area contributed by atoms with Gasteiger partial charge in [0.25, 0.3) is 0 Å². The molecule has 0 saturated heterocycles. The van der Waals surface area contributed by atoms with Crippen molar-refractivity contribution in [1.29, 1.82) is 0 Å². The van der Waals surface area contributed by atoms with Crippen molar-refractivity contribution >= 4 is 43.6 Å². The summed E-state index contributed by atoms with van der Waals surface area (Å²) in [6.07, 6.45) is 0. The molecule has 0 bridgehead atoms. The molecule has 0 aliphatic rings. The van der Waals surface area contributed by atoms with Gasteiger partial charge in [0, 0.05) is 27.3 Å². The number of nitrogens with zero attached hydrogens (tertiary/aromatic N) is 2. The van der Waals surface area contributed by atoms with Crippen LogP contribution in [0.5, 0.6) is 0 Å². The second-order valence-electron chi connectivity index (χ2n) is 8.25. The van der Waals surface area contributed by atoms with Gasteiger partial charge in [0.15, 0.2) is 5.82 Å². The molecule has 0 aliphatic heterocycles. The van der Waals surface area contributed by atoms with Gasteiger partial charge < -0.3 is 4.42 Å². The topological polar surface area (TPSA) is 38.9 Å². The van der Waals surface area contributed by atoms with E-state index in [0.29, 0.717) is 5.82 Å². The maximum atomic E-state index is 6.17. The lowest BCUT2D eigenvalue weighted by Crippen LogP contribution is -1.95. The number of hydrogen-bond donors (Lipinski definition) is 0. The van der Waals surface area contributed by atoms with E-state index in [1.807, 2.05) is 48.5 Å². The summed E-state index contributed by atoms with van der Waals surface area (Å²) >= 11 is 0.